The van der Waals surface area contributed by atoms with Crippen molar-refractivity contribution in [2.24, 2.45) is 0 Å². The van der Waals surface area contributed by atoms with Crippen molar-refractivity contribution >= 4 is 28.1 Å². The number of aryl methyl sites for hydroxylation is 1. The monoisotopic (exact) mass is 288 g/mol. The predicted molar refractivity (Wildman–Crippen MR) is 76.8 cm³/mol. The molecule has 1 amide bonds. The maximum absolute atomic E-state index is 12.0. The molecule has 1 aromatic carbocycles. The van der Waals surface area contributed by atoms with Crippen LogP contribution in [0.15, 0.2) is 24.3 Å². The Balaban J connectivity index is 2.05. The number of nitrogens with zero attached hydrogens (tertiary/aromatic N) is 2. The minimum Gasteiger partial charge on any atom is -0.479 e. The van der Waals surface area contributed by atoms with Crippen molar-refractivity contribution in [3.63, 3.8) is 0 Å². The fraction of sp³-hybridized carbons (Fsp3) is 0.154. The molecule has 3 N–H and O–H groups in total. The molecule has 1 heterocycles. The van der Waals surface area contributed by atoms with Crippen LogP contribution in [0.3, 0.4) is 0 Å². The number of nitriles is 1. The third-order valence-corrected chi connectivity index (χ3v) is 3.42. The van der Waals surface area contributed by atoms with Crippen LogP contribution in [0.5, 0.6) is 5.75 Å². The molecule has 0 bridgehead atoms. The lowest BCUT2D eigenvalue weighted by molar-refractivity contribution is 0.103. The molecule has 2 aromatic rings. The molecule has 0 atom stereocenters. The van der Waals surface area contributed by atoms with Gasteiger partial charge in [-0.15, -0.1) is 0 Å². The SMILES string of the molecule is Cc1nc(N)sc1C(=O)Nc1ccc(OCC#N)cc1. The van der Waals surface area contributed by atoms with Gasteiger partial charge in [0.15, 0.2) is 11.7 Å². The zero-order chi connectivity index (χ0) is 14.5. The number of hydrogen-bond acceptors (Lipinski definition) is 6. The highest BCUT2D eigenvalue weighted by Crippen LogP contribution is 2.22. The van der Waals surface area contributed by atoms with E-state index in [0.29, 0.717) is 27.1 Å². The zero-order valence-corrected chi connectivity index (χ0v) is 11.5. The number of thiazole rings is 1. The van der Waals surface area contributed by atoms with Gasteiger partial charge < -0.3 is 15.8 Å². The molecule has 0 spiro atoms. The second-order valence-electron chi connectivity index (χ2n) is 3.89. The molecule has 0 unspecified atom stereocenters. The van der Waals surface area contributed by atoms with Crippen LogP contribution in [0, 0.1) is 18.3 Å². The Bertz CT molecular complexity index is 658. The highest BCUT2D eigenvalue weighted by Gasteiger charge is 2.14. The highest BCUT2D eigenvalue weighted by atomic mass is 32.1. The molecule has 0 aliphatic rings. The second kappa shape index (κ2) is 6.04. The van der Waals surface area contributed by atoms with Gasteiger partial charge in [-0.3, -0.25) is 4.79 Å². The number of nitrogen functional groups attached to an aromatic ring is 1. The molecular weight excluding hydrogens is 276 g/mol. The molecule has 0 fully saturated rings. The summed E-state index contributed by atoms with van der Waals surface area (Å²) in [5.74, 6) is 0.324. The van der Waals surface area contributed by atoms with Gasteiger partial charge in [-0.1, -0.05) is 11.3 Å². The van der Waals surface area contributed by atoms with Crippen molar-refractivity contribution in [2.75, 3.05) is 17.7 Å². The van der Waals surface area contributed by atoms with Crippen LogP contribution < -0.4 is 15.8 Å². The minimum atomic E-state index is -0.248. The zero-order valence-electron chi connectivity index (χ0n) is 10.7. The first-order valence-corrected chi connectivity index (χ1v) is 6.56. The van der Waals surface area contributed by atoms with E-state index in [2.05, 4.69) is 10.3 Å². The third-order valence-electron chi connectivity index (χ3n) is 2.43. The highest BCUT2D eigenvalue weighted by molar-refractivity contribution is 7.17. The fourth-order valence-electron chi connectivity index (χ4n) is 1.57. The lowest BCUT2D eigenvalue weighted by Crippen LogP contribution is -2.11. The number of anilines is 2. The van der Waals surface area contributed by atoms with Gasteiger partial charge in [0.1, 0.15) is 16.7 Å². The molecule has 7 heteroatoms. The van der Waals surface area contributed by atoms with E-state index >= 15 is 0 Å². The smallest absolute Gasteiger partial charge is 0.267 e. The Morgan fingerprint density at radius 1 is 1.50 bits per heavy atom. The molecule has 20 heavy (non-hydrogen) atoms. The molecule has 0 aliphatic carbocycles. The van der Waals surface area contributed by atoms with E-state index in [1.165, 1.54) is 0 Å². The van der Waals surface area contributed by atoms with E-state index in [1.807, 2.05) is 6.07 Å². The fourth-order valence-corrected chi connectivity index (χ4v) is 2.29. The maximum Gasteiger partial charge on any atom is 0.267 e. The largest absolute Gasteiger partial charge is 0.479 e. The molecule has 0 saturated carbocycles. The lowest BCUT2D eigenvalue weighted by Gasteiger charge is -2.05. The van der Waals surface area contributed by atoms with Crippen LogP contribution >= 0.6 is 11.3 Å². The number of ether oxygens (including phenoxy) is 1. The van der Waals surface area contributed by atoms with Crippen molar-refractivity contribution < 1.29 is 9.53 Å². The van der Waals surface area contributed by atoms with Gasteiger partial charge in [-0.05, 0) is 31.2 Å². The average Bonchev–Trinajstić information content (AvgIpc) is 2.77. The number of nitrogens with two attached hydrogens (primary N) is 1. The molecular formula is C13H12N4O2S. The van der Waals surface area contributed by atoms with Crippen LogP contribution in [-0.2, 0) is 0 Å². The molecule has 0 saturated heterocycles. The summed E-state index contributed by atoms with van der Waals surface area (Å²) in [7, 11) is 0. The second-order valence-corrected chi connectivity index (χ2v) is 4.92. The number of rotatable bonds is 4. The maximum atomic E-state index is 12.0. The van der Waals surface area contributed by atoms with Gasteiger partial charge in [0.05, 0.1) is 5.69 Å². The lowest BCUT2D eigenvalue weighted by atomic mass is 10.3. The average molecular weight is 288 g/mol. The molecule has 0 radical (unpaired) electrons. The number of aromatic nitrogens is 1. The number of carbonyl (C=O) groups excluding carboxylic acids is 1. The molecule has 6 nitrogen and oxygen atoms in total. The first-order chi connectivity index (χ1) is 9.60. The van der Waals surface area contributed by atoms with Crippen molar-refractivity contribution in [1.82, 2.24) is 4.98 Å². The predicted octanol–water partition coefficient (Wildman–Crippen LogP) is 2.19. The van der Waals surface area contributed by atoms with Gasteiger partial charge in [0.2, 0.25) is 0 Å². The summed E-state index contributed by atoms with van der Waals surface area (Å²) in [5, 5.41) is 11.5. The van der Waals surface area contributed by atoms with Crippen LogP contribution in [0.2, 0.25) is 0 Å². The Labute approximate surface area is 119 Å². The summed E-state index contributed by atoms with van der Waals surface area (Å²) < 4.78 is 5.12. The molecule has 1 aromatic heterocycles. The standard InChI is InChI=1S/C13H12N4O2S/c1-8-11(20-13(15)16-8)12(18)17-9-2-4-10(5-3-9)19-7-6-14/h2-5H,7H2,1H3,(H2,15,16)(H,17,18). The van der Waals surface area contributed by atoms with Crippen LogP contribution in [0.4, 0.5) is 10.8 Å². The molecule has 0 aliphatic heterocycles. The first kappa shape index (κ1) is 13.8. The quantitative estimate of drug-likeness (QED) is 0.898. The number of hydrogen-bond donors (Lipinski definition) is 2. The van der Waals surface area contributed by atoms with Gasteiger partial charge in [0, 0.05) is 5.69 Å². The Kier molecular flexibility index (Phi) is 4.17. The summed E-state index contributed by atoms with van der Waals surface area (Å²) in [6, 6.07) is 8.64. The van der Waals surface area contributed by atoms with E-state index in [0.717, 1.165) is 11.3 Å². The topological polar surface area (TPSA) is 101 Å². The summed E-state index contributed by atoms with van der Waals surface area (Å²) in [4.78, 5) is 16.5. The van der Waals surface area contributed by atoms with Crippen molar-refractivity contribution in [3.05, 3.63) is 34.8 Å². The Morgan fingerprint density at radius 3 is 2.75 bits per heavy atom. The van der Waals surface area contributed by atoms with Crippen molar-refractivity contribution in [2.45, 2.75) is 6.92 Å². The number of carbonyl (C=O) groups is 1. The Morgan fingerprint density at radius 2 is 2.20 bits per heavy atom. The molecule has 102 valence electrons. The van der Waals surface area contributed by atoms with Crippen LogP contribution in [-0.4, -0.2) is 17.5 Å². The van der Waals surface area contributed by atoms with Gasteiger partial charge in [-0.25, -0.2) is 4.98 Å². The number of amides is 1. The van der Waals surface area contributed by atoms with E-state index in [9.17, 15) is 4.79 Å². The normalized spacial score (nSPS) is 9.80. The third kappa shape index (κ3) is 3.24. The minimum absolute atomic E-state index is 0.00889. The van der Waals surface area contributed by atoms with Gasteiger partial charge >= 0.3 is 0 Å². The van der Waals surface area contributed by atoms with Crippen LogP contribution in [0.25, 0.3) is 0 Å². The number of nitrogens with one attached hydrogen (secondary N) is 1. The first-order valence-electron chi connectivity index (χ1n) is 5.74. The van der Waals surface area contributed by atoms with Crippen LogP contribution in [0.1, 0.15) is 15.4 Å². The van der Waals surface area contributed by atoms with Crippen molar-refractivity contribution in [1.29, 1.82) is 5.26 Å². The van der Waals surface area contributed by atoms with Gasteiger partial charge in [0.25, 0.3) is 5.91 Å². The van der Waals surface area contributed by atoms with E-state index < -0.39 is 0 Å². The molecule has 2 rings (SSSR count). The van der Waals surface area contributed by atoms with E-state index in [4.69, 9.17) is 15.7 Å². The Hall–Kier alpha value is -2.59. The summed E-state index contributed by atoms with van der Waals surface area (Å²) >= 11 is 1.15. The van der Waals surface area contributed by atoms with E-state index in [1.54, 1.807) is 31.2 Å². The number of benzene rings is 1. The summed E-state index contributed by atoms with van der Waals surface area (Å²) in [5.41, 5.74) is 6.80. The van der Waals surface area contributed by atoms with Crippen molar-refractivity contribution in [3.8, 4) is 11.8 Å². The van der Waals surface area contributed by atoms with Gasteiger partial charge in [-0.2, -0.15) is 5.26 Å². The summed E-state index contributed by atoms with van der Waals surface area (Å²) in [6.07, 6.45) is 0. The summed E-state index contributed by atoms with van der Waals surface area (Å²) in [6.45, 7) is 1.73. The van der Waals surface area contributed by atoms with E-state index in [-0.39, 0.29) is 12.5 Å².